The third kappa shape index (κ3) is 2.60. The number of hydrogen-bond acceptors (Lipinski definition) is 2. The Hall–Kier alpha value is -0.0800. The van der Waals surface area contributed by atoms with Crippen LogP contribution >= 0.6 is 0 Å². The van der Waals surface area contributed by atoms with Crippen molar-refractivity contribution in [2.45, 2.75) is 64.5 Å². The lowest BCUT2D eigenvalue weighted by molar-refractivity contribution is 0.0520. The average molecular weight is 224 g/mol. The molecule has 3 atom stereocenters. The van der Waals surface area contributed by atoms with Crippen LogP contribution in [-0.4, -0.2) is 30.1 Å². The van der Waals surface area contributed by atoms with Gasteiger partial charge in [-0.15, -0.1) is 0 Å². The summed E-state index contributed by atoms with van der Waals surface area (Å²) in [5.41, 5.74) is 6.05. The molecule has 94 valence electrons. The van der Waals surface area contributed by atoms with Crippen LogP contribution in [0.4, 0.5) is 0 Å². The van der Waals surface area contributed by atoms with E-state index < -0.39 is 0 Å². The highest BCUT2D eigenvalue weighted by Crippen LogP contribution is 2.33. The highest BCUT2D eigenvalue weighted by atomic mass is 15.2. The van der Waals surface area contributed by atoms with E-state index in [0.717, 1.165) is 24.4 Å². The molecule has 0 aromatic carbocycles. The van der Waals surface area contributed by atoms with Gasteiger partial charge in [0, 0.05) is 25.2 Å². The van der Waals surface area contributed by atoms with Gasteiger partial charge in [-0.2, -0.15) is 0 Å². The summed E-state index contributed by atoms with van der Waals surface area (Å²) in [6, 6.07) is 1.42. The highest BCUT2D eigenvalue weighted by molar-refractivity contribution is 4.89. The molecular weight excluding hydrogens is 196 g/mol. The molecule has 1 aliphatic carbocycles. The van der Waals surface area contributed by atoms with Crippen LogP contribution in [0.3, 0.4) is 0 Å². The topological polar surface area (TPSA) is 29.3 Å². The Kier molecular flexibility index (Phi) is 4.26. The molecule has 2 nitrogen and oxygen atoms in total. The molecule has 0 aromatic heterocycles. The Morgan fingerprint density at radius 2 is 1.81 bits per heavy atom. The molecule has 0 spiro atoms. The summed E-state index contributed by atoms with van der Waals surface area (Å²) in [6.07, 6.45) is 8.46. The first-order valence-corrected chi connectivity index (χ1v) is 7.18. The Bertz CT molecular complexity index is 211. The van der Waals surface area contributed by atoms with Gasteiger partial charge < -0.3 is 5.73 Å². The van der Waals surface area contributed by atoms with Gasteiger partial charge in [0.2, 0.25) is 0 Å². The molecular formula is C14H28N2. The van der Waals surface area contributed by atoms with Crippen LogP contribution in [0.15, 0.2) is 0 Å². The lowest BCUT2D eigenvalue weighted by Crippen LogP contribution is -2.52. The van der Waals surface area contributed by atoms with Gasteiger partial charge in [0.1, 0.15) is 0 Å². The summed E-state index contributed by atoms with van der Waals surface area (Å²) < 4.78 is 0. The van der Waals surface area contributed by atoms with Gasteiger partial charge in [-0.1, -0.05) is 19.8 Å². The fourth-order valence-corrected chi connectivity index (χ4v) is 3.73. The number of nitrogens with zero attached hydrogens (tertiary/aromatic N) is 1. The fourth-order valence-electron chi connectivity index (χ4n) is 3.73. The van der Waals surface area contributed by atoms with Crippen molar-refractivity contribution in [2.75, 3.05) is 13.1 Å². The minimum Gasteiger partial charge on any atom is -0.329 e. The van der Waals surface area contributed by atoms with Crippen LogP contribution in [-0.2, 0) is 0 Å². The largest absolute Gasteiger partial charge is 0.329 e. The first-order valence-electron chi connectivity index (χ1n) is 7.18. The third-order valence-corrected chi connectivity index (χ3v) is 4.78. The van der Waals surface area contributed by atoms with Gasteiger partial charge in [0.15, 0.2) is 0 Å². The first kappa shape index (κ1) is 12.4. The second kappa shape index (κ2) is 5.50. The minimum atomic E-state index is 0.667. The van der Waals surface area contributed by atoms with E-state index >= 15 is 0 Å². The predicted molar refractivity (Wildman–Crippen MR) is 69.4 cm³/mol. The molecule has 0 bridgehead atoms. The zero-order valence-corrected chi connectivity index (χ0v) is 11.0. The lowest BCUT2D eigenvalue weighted by atomic mass is 9.89. The van der Waals surface area contributed by atoms with Gasteiger partial charge in [0.05, 0.1) is 0 Å². The van der Waals surface area contributed by atoms with Crippen molar-refractivity contribution in [1.29, 1.82) is 0 Å². The maximum Gasteiger partial charge on any atom is 0.0249 e. The maximum atomic E-state index is 6.05. The summed E-state index contributed by atoms with van der Waals surface area (Å²) >= 11 is 0. The second-order valence-electron chi connectivity index (χ2n) is 6.08. The van der Waals surface area contributed by atoms with Gasteiger partial charge in [-0.25, -0.2) is 0 Å². The molecule has 2 fully saturated rings. The third-order valence-electron chi connectivity index (χ3n) is 4.78. The first-order chi connectivity index (χ1) is 7.72. The van der Waals surface area contributed by atoms with Gasteiger partial charge in [-0.3, -0.25) is 4.90 Å². The monoisotopic (exact) mass is 224 g/mol. The molecule has 3 unspecified atom stereocenters. The van der Waals surface area contributed by atoms with Gasteiger partial charge >= 0.3 is 0 Å². The van der Waals surface area contributed by atoms with E-state index in [2.05, 4.69) is 18.7 Å². The number of likely N-dealkylation sites (tertiary alicyclic amines) is 1. The van der Waals surface area contributed by atoms with Crippen LogP contribution in [0.2, 0.25) is 0 Å². The average Bonchev–Trinajstić information content (AvgIpc) is 2.78. The summed E-state index contributed by atoms with van der Waals surface area (Å²) in [4.78, 5) is 2.73. The zero-order chi connectivity index (χ0) is 11.5. The van der Waals surface area contributed by atoms with Crippen LogP contribution in [0.5, 0.6) is 0 Å². The molecule has 0 radical (unpaired) electrons. The van der Waals surface area contributed by atoms with Crippen LogP contribution in [0.25, 0.3) is 0 Å². The van der Waals surface area contributed by atoms with Crippen molar-refractivity contribution in [1.82, 2.24) is 4.90 Å². The smallest absolute Gasteiger partial charge is 0.0249 e. The molecule has 2 N–H and O–H groups in total. The minimum absolute atomic E-state index is 0.667. The fraction of sp³-hybridized carbons (Fsp3) is 1.00. The molecule has 1 saturated carbocycles. The molecule has 0 amide bonds. The van der Waals surface area contributed by atoms with E-state index in [1.807, 2.05) is 0 Å². The summed E-state index contributed by atoms with van der Waals surface area (Å²) in [5.74, 6) is 1.75. The Labute approximate surface area is 101 Å². The molecule has 2 aliphatic rings. The van der Waals surface area contributed by atoms with Crippen LogP contribution < -0.4 is 5.73 Å². The van der Waals surface area contributed by atoms with E-state index in [4.69, 9.17) is 5.73 Å². The van der Waals surface area contributed by atoms with E-state index in [-0.39, 0.29) is 0 Å². The van der Waals surface area contributed by atoms with E-state index in [1.54, 1.807) is 0 Å². The van der Waals surface area contributed by atoms with Crippen molar-refractivity contribution < 1.29 is 0 Å². The summed E-state index contributed by atoms with van der Waals surface area (Å²) in [6.45, 7) is 6.92. The van der Waals surface area contributed by atoms with E-state index in [1.165, 1.54) is 45.1 Å². The van der Waals surface area contributed by atoms with E-state index in [9.17, 15) is 0 Å². The molecule has 1 heterocycles. The number of rotatable bonds is 3. The van der Waals surface area contributed by atoms with Crippen molar-refractivity contribution in [3.05, 3.63) is 0 Å². The Balaban J connectivity index is 2.00. The van der Waals surface area contributed by atoms with Crippen LogP contribution in [0, 0.1) is 11.8 Å². The second-order valence-corrected chi connectivity index (χ2v) is 6.08. The van der Waals surface area contributed by atoms with Crippen molar-refractivity contribution in [2.24, 2.45) is 17.6 Å². The van der Waals surface area contributed by atoms with Gasteiger partial charge in [0.25, 0.3) is 0 Å². The zero-order valence-electron chi connectivity index (χ0n) is 11.0. The van der Waals surface area contributed by atoms with Crippen molar-refractivity contribution >= 4 is 0 Å². The summed E-state index contributed by atoms with van der Waals surface area (Å²) in [7, 11) is 0. The molecule has 2 rings (SSSR count). The molecule has 16 heavy (non-hydrogen) atoms. The van der Waals surface area contributed by atoms with Crippen LogP contribution in [0.1, 0.15) is 52.4 Å². The van der Waals surface area contributed by atoms with Gasteiger partial charge in [-0.05, 0) is 44.4 Å². The quantitative estimate of drug-likeness (QED) is 0.798. The molecule has 1 saturated heterocycles. The highest BCUT2D eigenvalue weighted by Gasteiger charge is 2.34. The Morgan fingerprint density at radius 1 is 1.12 bits per heavy atom. The maximum absolute atomic E-state index is 6.05. The number of nitrogens with two attached hydrogens (primary N) is 1. The Morgan fingerprint density at radius 3 is 2.44 bits per heavy atom. The predicted octanol–water partition coefficient (Wildman–Crippen LogP) is 2.62. The SMILES string of the molecule is CC1CCC(C)N(C(CN)C2CCCC2)C1. The summed E-state index contributed by atoms with van der Waals surface area (Å²) in [5, 5.41) is 0. The normalized spacial score (nSPS) is 35.4. The molecule has 0 aromatic rings. The number of hydrogen-bond donors (Lipinski definition) is 1. The number of piperidine rings is 1. The van der Waals surface area contributed by atoms with Crippen molar-refractivity contribution in [3.63, 3.8) is 0 Å². The standard InChI is InChI=1S/C14H28N2/c1-11-7-8-12(2)16(10-11)14(9-15)13-5-3-4-6-13/h11-14H,3-10,15H2,1-2H3. The lowest BCUT2D eigenvalue weighted by Gasteiger charge is -2.44. The molecule has 1 aliphatic heterocycles. The van der Waals surface area contributed by atoms with Crippen molar-refractivity contribution in [3.8, 4) is 0 Å². The molecule has 2 heteroatoms. The van der Waals surface area contributed by atoms with E-state index in [0.29, 0.717) is 6.04 Å².